The van der Waals surface area contributed by atoms with E-state index in [-0.39, 0.29) is 5.60 Å². The van der Waals surface area contributed by atoms with Crippen molar-refractivity contribution in [3.8, 4) is 11.1 Å². The molecule has 1 heteroatoms. The Labute approximate surface area is 124 Å². The summed E-state index contributed by atoms with van der Waals surface area (Å²) >= 11 is 0. The first-order chi connectivity index (χ1) is 10.4. The first-order valence-corrected chi connectivity index (χ1v) is 7.66. The molecule has 1 aliphatic heterocycles. The zero-order valence-corrected chi connectivity index (χ0v) is 11.8. The summed E-state index contributed by atoms with van der Waals surface area (Å²) in [7, 11) is 0. The summed E-state index contributed by atoms with van der Waals surface area (Å²) in [6, 6.07) is 21.9. The molecular formula is C20H16O. The van der Waals surface area contributed by atoms with Crippen molar-refractivity contribution in [2.45, 2.75) is 18.4 Å². The first-order valence-electron chi connectivity index (χ1n) is 7.66. The average Bonchev–Trinajstić information content (AvgIpc) is 3.14. The minimum atomic E-state index is -0.215. The molecular weight excluding hydrogens is 256 g/mol. The molecule has 1 heterocycles. The lowest BCUT2D eigenvalue weighted by molar-refractivity contribution is 0.0409. The Morgan fingerprint density at radius 3 is 2.57 bits per heavy atom. The monoisotopic (exact) mass is 272 g/mol. The highest BCUT2D eigenvalue weighted by Gasteiger charge is 2.47. The Morgan fingerprint density at radius 1 is 0.810 bits per heavy atom. The van der Waals surface area contributed by atoms with Crippen molar-refractivity contribution in [1.29, 1.82) is 0 Å². The summed E-state index contributed by atoms with van der Waals surface area (Å²) in [6.07, 6.45) is 2.22. The van der Waals surface area contributed by atoms with Crippen LogP contribution in [0.3, 0.4) is 0 Å². The molecule has 5 rings (SSSR count). The Kier molecular flexibility index (Phi) is 2.17. The van der Waals surface area contributed by atoms with Crippen LogP contribution in [0.5, 0.6) is 0 Å². The van der Waals surface area contributed by atoms with E-state index in [1.54, 1.807) is 0 Å². The van der Waals surface area contributed by atoms with Crippen LogP contribution in [0.1, 0.15) is 24.0 Å². The molecule has 0 saturated carbocycles. The fraction of sp³-hybridized carbons (Fsp3) is 0.200. The minimum absolute atomic E-state index is 0.215. The second-order valence-corrected chi connectivity index (χ2v) is 6.03. The lowest BCUT2D eigenvalue weighted by atomic mass is 9.86. The van der Waals surface area contributed by atoms with Crippen LogP contribution in [0.4, 0.5) is 0 Å². The topological polar surface area (TPSA) is 9.23 Å². The van der Waals surface area contributed by atoms with Gasteiger partial charge in [0.05, 0.1) is 0 Å². The van der Waals surface area contributed by atoms with Crippen LogP contribution in [0.2, 0.25) is 0 Å². The zero-order chi connectivity index (χ0) is 13.9. The van der Waals surface area contributed by atoms with Gasteiger partial charge in [0.25, 0.3) is 0 Å². The summed E-state index contributed by atoms with van der Waals surface area (Å²) in [5.74, 6) is 0. The molecule has 21 heavy (non-hydrogen) atoms. The smallest absolute Gasteiger partial charge is 0.120 e. The lowest BCUT2D eigenvalue weighted by Gasteiger charge is -2.27. The van der Waals surface area contributed by atoms with Crippen molar-refractivity contribution in [1.82, 2.24) is 0 Å². The maximum Gasteiger partial charge on any atom is 0.120 e. The third-order valence-corrected chi connectivity index (χ3v) is 5.01. The van der Waals surface area contributed by atoms with Crippen molar-refractivity contribution in [2.24, 2.45) is 0 Å². The quantitative estimate of drug-likeness (QED) is 0.567. The summed E-state index contributed by atoms with van der Waals surface area (Å²) < 4.78 is 6.36. The average molecular weight is 272 g/mol. The molecule has 3 aromatic carbocycles. The Balaban J connectivity index is 1.97. The van der Waals surface area contributed by atoms with Crippen LogP contribution in [0.15, 0.2) is 60.7 Å². The van der Waals surface area contributed by atoms with Gasteiger partial charge in [-0.15, -0.1) is 0 Å². The molecule has 1 aliphatic carbocycles. The highest BCUT2D eigenvalue weighted by atomic mass is 16.5. The summed E-state index contributed by atoms with van der Waals surface area (Å²) in [5, 5.41) is 2.65. The van der Waals surface area contributed by atoms with Crippen LogP contribution in [-0.2, 0) is 10.3 Å². The molecule has 0 aromatic heterocycles. The first kappa shape index (κ1) is 11.5. The molecule has 1 atom stereocenters. The van der Waals surface area contributed by atoms with Crippen LogP contribution in [0, 0.1) is 0 Å². The molecule has 1 fully saturated rings. The van der Waals surface area contributed by atoms with Crippen LogP contribution in [0.25, 0.3) is 21.9 Å². The summed E-state index contributed by atoms with van der Waals surface area (Å²) in [4.78, 5) is 0. The van der Waals surface area contributed by atoms with Crippen molar-refractivity contribution in [2.75, 3.05) is 6.61 Å². The maximum absolute atomic E-state index is 6.36. The molecule has 1 spiro atoms. The molecule has 2 aliphatic rings. The molecule has 3 aromatic rings. The standard InChI is InChI=1S/C20H16O/c1-2-7-15-14(6-1)10-11-17-16-8-3-4-9-18(16)20(19(15)17)12-5-13-21-20/h1-4,6-11H,5,12-13H2. The van der Waals surface area contributed by atoms with Crippen molar-refractivity contribution in [3.63, 3.8) is 0 Å². The molecule has 0 bridgehead atoms. The van der Waals surface area contributed by atoms with E-state index < -0.39 is 0 Å². The normalized spacial score (nSPS) is 22.7. The van der Waals surface area contributed by atoms with E-state index in [2.05, 4.69) is 60.7 Å². The summed E-state index contributed by atoms with van der Waals surface area (Å²) in [6.45, 7) is 0.858. The third-order valence-electron chi connectivity index (χ3n) is 5.01. The predicted molar refractivity (Wildman–Crippen MR) is 85.4 cm³/mol. The lowest BCUT2D eigenvalue weighted by Crippen LogP contribution is -2.23. The van der Waals surface area contributed by atoms with Gasteiger partial charge in [0, 0.05) is 12.2 Å². The largest absolute Gasteiger partial charge is 0.365 e. The van der Waals surface area contributed by atoms with E-state index in [4.69, 9.17) is 4.74 Å². The van der Waals surface area contributed by atoms with E-state index in [0.29, 0.717) is 0 Å². The third kappa shape index (κ3) is 1.35. The number of fused-ring (bicyclic) bond motifs is 7. The molecule has 0 radical (unpaired) electrons. The van der Waals surface area contributed by atoms with Gasteiger partial charge in [0.15, 0.2) is 0 Å². The van der Waals surface area contributed by atoms with Gasteiger partial charge in [-0.25, -0.2) is 0 Å². The Hall–Kier alpha value is -2.12. The minimum Gasteiger partial charge on any atom is -0.365 e. The van der Waals surface area contributed by atoms with Crippen LogP contribution >= 0.6 is 0 Å². The Morgan fingerprint density at radius 2 is 1.67 bits per heavy atom. The van der Waals surface area contributed by atoms with Gasteiger partial charge < -0.3 is 4.74 Å². The fourth-order valence-electron chi connectivity index (χ4n) is 4.19. The van der Waals surface area contributed by atoms with Gasteiger partial charge in [0.1, 0.15) is 5.60 Å². The predicted octanol–water partition coefficient (Wildman–Crippen LogP) is 4.87. The van der Waals surface area contributed by atoms with Crippen molar-refractivity contribution < 1.29 is 4.74 Å². The van der Waals surface area contributed by atoms with Gasteiger partial charge in [-0.3, -0.25) is 0 Å². The number of hydrogen-bond acceptors (Lipinski definition) is 1. The van der Waals surface area contributed by atoms with Crippen molar-refractivity contribution >= 4 is 10.8 Å². The number of benzene rings is 3. The number of hydrogen-bond donors (Lipinski definition) is 0. The molecule has 1 saturated heterocycles. The van der Waals surface area contributed by atoms with Gasteiger partial charge in [0.2, 0.25) is 0 Å². The van der Waals surface area contributed by atoms with E-state index in [1.807, 2.05) is 0 Å². The van der Waals surface area contributed by atoms with E-state index >= 15 is 0 Å². The van der Waals surface area contributed by atoms with E-state index in [9.17, 15) is 0 Å². The molecule has 1 unspecified atom stereocenters. The molecule has 0 amide bonds. The summed E-state index contributed by atoms with van der Waals surface area (Å²) in [5.41, 5.74) is 5.23. The SMILES string of the molecule is c1ccc2c(c1)-c1ccc3ccccc3c1C21CCCO1. The number of ether oxygens (including phenoxy) is 1. The van der Waals surface area contributed by atoms with E-state index in [1.165, 1.54) is 33.0 Å². The highest BCUT2D eigenvalue weighted by molar-refractivity contribution is 5.97. The fourth-order valence-corrected chi connectivity index (χ4v) is 4.19. The molecule has 102 valence electrons. The van der Waals surface area contributed by atoms with E-state index in [0.717, 1.165) is 19.4 Å². The maximum atomic E-state index is 6.36. The van der Waals surface area contributed by atoms with Crippen molar-refractivity contribution in [3.05, 3.63) is 71.8 Å². The van der Waals surface area contributed by atoms with Gasteiger partial charge in [-0.05, 0) is 40.3 Å². The van der Waals surface area contributed by atoms with Crippen LogP contribution in [-0.4, -0.2) is 6.61 Å². The van der Waals surface area contributed by atoms with Crippen LogP contribution < -0.4 is 0 Å². The van der Waals surface area contributed by atoms with Gasteiger partial charge in [-0.1, -0.05) is 60.7 Å². The second kappa shape index (κ2) is 3.96. The van der Waals surface area contributed by atoms with Gasteiger partial charge in [-0.2, -0.15) is 0 Å². The van der Waals surface area contributed by atoms with Gasteiger partial charge >= 0.3 is 0 Å². The second-order valence-electron chi connectivity index (χ2n) is 6.03. The number of rotatable bonds is 0. The highest BCUT2D eigenvalue weighted by Crippen LogP contribution is 2.56. The molecule has 0 N–H and O–H groups in total. The molecule has 1 nitrogen and oxygen atoms in total. The zero-order valence-electron chi connectivity index (χ0n) is 11.8. The Bertz CT molecular complexity index is 857.